The van der Waals surface area contributed by atoms with Crippen LogP contribution in [0.3, 0.4) is 0 Å². The van der Waals surface area contributed by atoms with E-state index >= 15 is 0 Å². The fourth-order valence-corrected chi connectivity index (χ4v) is 2.21. The molecule has 1 aromatic rings. The van der Waals surface area contributed by atoms with Crippen molar-refractivity contribution in [3.05, 3.63) is 28.7 Å². The van der Waals surface area contributed by atoms with Crippen LogP contribution in [0.1, 0.15) is 6.42 Å². The van der Waals surface area contributed by atoms with Crippen LogP contribution < -0.4 is 5.56 Å². The highest BCUT2D eigenvalue weighted by atomic mass is 32.2. The summed E-state index contributed by atoms with van der Waals surface area (Å²) in [5.41, 5.74) is -0.281. The first-order chi connectivity index (χ1) is 7.89. The zero-order valence-electron chi connectivity index (χ0n) is 9.83. The van der Waals surface area contributed by atoms with Gasteiger partial charge in [0.1, 0.15) is 0 Å². The van der Waals surface area contributed by atoms with Gasteiger partial charge < -0.3 is 9.67 Å². The Balaban J connectivity index is 3.17. The molecule has 6 nitrogen and oxygen atoms in total. The van der Waals surface area contributed by atoms with Crippen molar-refractivity contribution in [3.63, 3.8) is 0 Å². The van der Waals surface area contributed by atoms with E-state index in [0.717, 1.165) is 4.31 Å². The van der Waals surface area contributed by atoms with E-state index in [1.165, 1.54) is 37.0 Å². The largest absolute Gasteiger partial charge is 0.396 e. The van der Waals surface area contributed by atoms with Gasteiger partial charge in [0.2, 0.25) is 10.0 Å². The van der Waals surface area contributed by atoms with Gasteiger partial charge in [-0.2, -0.15) is 0 Å². The molecule has 0 aromatic carbocycles. The van der Waals surface area contributed by atoms with E-state index in [2.05, 4.69) is 0 Å². The van der Waals surface area contributed by atoms with E-state index in [-0.39, 0.29) is 17.1 Å². The molecule has 1 N–H and O–H groups in total. The van der Waals surface area contributed by atoms with Crippen LogP contribution >= 0.6 is 0 Å². The molecular weight excluding hydrogens is 244 g/mol. The molecule has 0 aliphatic heterocycles. The number of nitrogens with zero attached hydrogens (tertiary/aromatic N) is 2. The summed E-state index contributed by atoms with van der Waals surface area (Å²) >= 11 is 0. The summed E-state index contributed by atoms with van der Waals surface area (Å²) in [4.78, 5) is 11.5. The van der Waals surface area contributed by atoms with Crippen molar-refractivity contribution >= 4 is 10.0 Å². The van der Waals surface area contributed by atoms with Gasteiger partial charge in [-0.3, -0.25) is 4.79 Å². The van der Waals surface area contributed by atoms with Crippen LogP contribution in [0.4, 0.5) is 0 Å². The SMILES string of the molecule is CN(C)S(=O)(=O)c1ccc(=O)n(CCCO)c1. The maximum atomic E-state index is 11.8. The fraction of sp³-hybridized carbons (Fsp3) is 0.500. The molecular formula is C10H16N2O4S. The Hall–Kier alpha value is -1.18. The molecule has 1 aromatic heterocycles. The second-order valence-electron chi connectivity index (χ2n) is 3.76. The summed E-state index contributed by atoms with van der Waals surface area (Å²) in [6.07, 6.45) is 1.71. The zero-order chi connectivity index (χ0) is 13.1. The smallest absolute Gasteiger partial charge is 0.250 e. The molecule has 0 radical (unpaired) electrons. The van der Waals surface area contributed by atoms with Gasteiger partial charge in [-0.15, -0.1) is 0 Å². The molecule has 0 aliphatic rings. The van der Waals surface area contributed by atoms with E-state index in [1.54, 1.807) is 0 Å². The lowest BCUT2D eigenvalue weighted by Gasteiger charge is -2.12. The fourth-order valence-electron chi connectivity index (χ4n) is 1.29. The molecule has 0 atom stereocenters. The van der Waals surface area contributed by atoms with Crippen LogP contribution in [0, 0.1) is 0 Å². The molecule has 0 spiro atoms. The van der Waals surface area contributed by atoms with E-state index in [0.29, 0.717) is 13.0 Å². The first-order valence-electron chi connectivity index (χ1n) is 5.13. The highest BCUT2D eigenvalue weighted by molar-refractivity contribution is 7.89. The number of aryl methyl sites for hydroxylation is 1. The monoisotopic (exact) mass is 260 g/mol. The Morgan fingerprint density at radius 3 is 2.53 bits per heavy atom. The summed E-state index contributed by atoms with van der Waals surface area (Å²) in [7, 11) is -0.672. The van der Waals surface area contributed by atoms with Crippen molar-refractivity contribution in [1.29, 1.82) is 0 Å². The third kappa shape index (κ3) is 3.15. The van der Waals surface area contributed by atoms with Gasteiger partial charge in [-0.05, 0) is 12.5 Å². The summed E-state index contributed by atoms with van der Waals surface area (Å²) < 4.78 is 26.0. The first-order valence-corrected chi connectivity index (χ1v) is 6.57. The number of aromatic nitrogens is 1. The summed E-state index contributed by atoms with van der Waals surface area (Å²) in [6, 6.07) is 2.50. The predicted octanol–water partition coefficient (Wildman–Crippen LogP) is -0.519. The summed E-state index contributed by atoms with van der Waals surface area (Å²) in [5, 5.41) is 8.69. The second-order valence-corrected chi connectivity index (χ2v) is 5.91. The Kier molecular flexibility index (Phi) is 4.44. The molecule has 17 heavy (non-hydrogen) atoms. The van der Waals surface area contributed by atoms with Crippen LogP contribution in [-0.4, -0.2) is 43.1 Å². The number of aliphatic hydroxyl groups excluding tert-OH is 1. The van der Waals surface area contributed by atoms with E-state index in [9.17, 15) is 13.2 Å². The van der Waals surface area contributed by atoms with Gasteiger partial charge >= 0.3 is 0 Å². The van der Waals surface area contributed by atoms with Crippen LogP contribution in [0.5, 0.6) is 0 Å². The Labute approximate surface area is 100 Å². The van der Waals surface area contributed by atoms with Crippen LogP contribution in [0.15, 0.2) is 28.0 Å². The third-order valence-electron chi connectivity index (χ3n) is 2.29. The van der Waals surface area contributed by atoms with E-state index < -0.39 is 10.0 Å². The van der Waals surface area contributed by atoms with Gasteiger partial charge in [0.25, 0.3) is 5.56 Å². The number of pyridine rings is 1. The molecule has 1 rings (SSSR count). The molecule has 1 heterocycles. The molecule has 96 valence electrons. The molecule has 0 saturated heterocycles. The predicted molar refractivity (Wildman–Crippen MR) is 63.3 cm³/mol. The minimum Gasteiger partial charge on any atom is -0.396 e. The first kappa shape index (κ1) is 13.9. The van der Waals surface area contributed by atoms with Gasteiger partial charge in [0.15, 0.2) is 0 Å². The zero-order valence-corrected chi connectivity index (χ0v) is 10.6. The third-order valence-corrected chi connectivity index (χ3v) is 4.09. The average molecular weight is 260 g/mol. The molecule has 0 aliphatic carbocycles. The number of hydrogen-bond donors (Lipinski definition) is 1. The molecule has 0 bridgehead atoms. The normalized spacial score (nSPS) is 12.0. The molecule has 0 amide bonds. The Bertz CT molecular complexity index is 533. The van der Waals surface area contributed by atoms with Crippen LogP contribution in [-0.2, 0) is 16.6 Å². The van der Waals surface area contributed by atoms with Gasteiger partial charge in [0.05, 0.1) is 4.90 Å². The minimum atomic E-state index is -3.53. The highest BCUT2D eigenvalue weighted by Gasteiger charge is 2.17. The van der Waals surface area contributed by atoms with Crippen molar-refractivity contribution in [1.82, 2.24) is 8.87 Å². The number of hydrogen-bond acceptors (Lipinski definition) is 4. The van der Waals surface area contributed by atoms with Crippen molar-refractivity contribution in [3.8, 4) is 0 Å². The number of rotatable bonds is 5. The van der Waals surface area contributed by atoms with E-state index in [4.69, 9.17) is 5.11 Å². The topological polar surface area (TPSA) is 79.6 Å². The lowest BCUT2D eigenvalue weighted by atomic mass is 10.4. The summed E-state index contributed by atoms with van der Waals surface area (Å²) in [5.74, 6) is 0. The number of sulfonamides is 1. The van der Waals surface area contributed by atoms with Crippen molar-refractivity contribution < 1.29 is 13.5 Å². The molecule has 0 unspecified atom stereocenters. The highest BCUT2D eigenvalue weighted by Crippen LogP contribution is 2.10. The lowest BCUT2D eigenvalue weighted by Crippen LogP contribution is -2.26. The summed E-state index contributed by atoms with van der Waals surface area (Å²) in [6.45, 7) is 0.253. The van der Waals surface area contributed by atoms with Gasteiger partial charge in [-0.25, -0.2) is 12.7 Å². The van der Waals surface area contributed by atoms with Gasteiger partial charge in [0, 0.05) is 39.5 Å². The maximum absolute atomic E-state index is 11.8. The van der Waals surface area contributed by atoms with E-state index in [1.807, 2.05) is 0 Å². The second kappa shape index (κ2) is 5.44. The Morgan fingerprint density at radius 1 is 1.35 bits per heavy atom. The lowest BCUT2D eigenvalue weighted by molar-refractivity contribution is 0.279. The Morgan fingerprint density at radius 2 is 2.00 bits per heavy atom. The average Bonchev–Trinajstić information content (AvgIpc) is 2.27. The molecule has 7 heteroatoms. The minimum absolute atomic E-state index is 0.0445. The molecule has 0 fully saturated rings. The maximum Gasteiger partial charge on any atom is 0.250 e. The number of aliphatic hydroxyl groups is 1. The van der Waals surface area contributed by atoms with Crippen molar-refractivity contribution in [2.75, 3.05) is 20.7 Å². The van der Waals surface area contributed by atoms with Crippen LogP contribution in [0.25, 0.3) is 0 Å². The quantitative estimate of drug-likeness (QED) is 0.772. The van der Waals surface area contributed by atoms with Gasteiger partial charge in [-0.1, -0.05) is 0 Å². The van der Waals surface area contributed by atoms with Crippen LogP contribution in [0.2, 0.25) is 0 Å². The standard InChI is InChI=1S/C10H16N2O4S/c1-11(2)17(15,16)9-4-5-10(14)12(8-9)6-3-7-13/h4-5,8,13H,3,6-7H2,1-2H3. The molecule has 0 saturated carbocycles. The van der Waals surface area contributed by atoms with Crippen molar-refractivity contribution in [2.24, 2.45) is 0 Å². The van der Waals surface area contributed by atoms with Crippen molar-refractivity contribution in [2.45, 2.75) is 17.9 Å².